The van der Waals surface area contributed by atoms with Crippen LogP contribution >= 0.6 is 0 Å². The van der Waals surface area contributed by atoms with E-state index < -0.39 is 0 Å². The van der Waals surface area contributed by atoms with E-state index in [-0.39, 0.29) is 17.7 Å². The number of hydrogen-bond acceptors (Lipinski definition) is 5. The summed E-state index contributed by atoms with van der Waals surface area (Å²) >= 11 is 0. The molecule has 2 aromatic rings. The Hall–Kier alpha value is -2.90. The lowest BCUT2D eigenvalue weighted by Gasteiger charge is -2.32. The van der Waals surface area contributed by atoms with E-state index in [0.717, 1.165) is 25.1 Å². The van der Waals surface area contributed by atoms with E-state index in [9.17, 15) is 9.59 Å². The number of aromatic nitrogens is 3. The molecule has 0 radical (unpaired) electrons. The van der Waals surface area contributed by atoms with Crippen LogP contribution in [0.1, 0.15) is 58.1 Å². The van der Waals surface area contributed by atoms with E-state index in [0.29, 0.717) is 36.1 Å². The molecule has 8 nitrogen and oxygen atoms in total. The van der Waals surface area contributed by atoms with Crippen molar-refractivity contribution in [2.24, 2.45) is 5.92 Å². The number of pyridine rings is 1. The van der Waals surface area contributed by atoms with E-state index >= 15 is 0 Å². The minimum absolute atomic E-state index is 0.0291. The molecule has 1 unspecified atom stereocenters. The molecule has 2 N–H and O–H groups in total. The lowest BCUT2D eigenvalue weighted by atomic mass is 9.97. The Bertz CT molecular complexity index is 844. The van der Waals surface area contributed by atoms with Gasteiger partial charge in [-0.05, 0) is 43.7 Å². The highest BCUT2D eigenvalue weighted by atomic mass is 16.5. The zero-order chi connectivity index (χ0) is 19.5. The molecule has 3 heterocycles. The molecule has 148 valence electrons. The van der Waals surface area contributed by atoms with Crippen LogP contribution in [-0.4, -0.2) is 58.6 Å². The number of methoxy groups -OCH3 is 1. The topological polar surface area (TPSA) is 100 Å². The van der Waals surface area contributed by atoms with Crippen molar-refractivity contribution in [1.29, 1.82) is 0 Å². The maximum Gasteiger partial charge on any atom is 0.274 e. The van der Waals surface area contributed by atoms with Crippen molar-refractivity contribution in [1.82, 2.24) is 25.4 Å². The van der Waals surface area contributed by atoms with Gasteiger partial charge >= 0.3 is 0 Å². The summed E-state index contributed by atoms with van der Waals surface area (Å²) in [5, 5.41) is 10.2. The first-order valence-electron chi connectivity index (χ1n) is 9.77. The lowest BCUT2D eigenvalue weighted by Crippen LogP contribution is -2.43. The second kappa shape index (κ2) is 8.00. The van der Waals surface area contributed by atoms with Gasteiger partial charge in [0.15, 0.2) is 0 Å². The second-order valence-corrected chi connectivity index (χ2v) is 7.54. The standard InChI is InChI=1S/C20H25N5O3/c1-28-18-7-6-15(11-21-18)19(26)22-10-13-3-2-8-25(12-13)20(27)17-9-16(23-24-17)14-4-5-14/h6-7,9,11,13-14H,2-5,8,10,12H2,1H3,(H,22,26)(H,23,24). The van der Waals surface area contributed by atoms with Gasteiger partial charge in [-0.25, -0.2) is 4.98 Å². The van der Waals surface area contributed by atoms with Gasteiger partial charge < -0.3 is 15.0 Å². The Balaban J connectivity index is 1.30. The largest absolute Gasteiger partial charge is 0.481 e. The number of aromatic amines is 1. The molecule has 8 heteroatoms. The fourth-order valence-corrected chi connectivity index (χ4v) is 3.60. The first kappa shape index (κ1) is 18.5. The average Bonchev–Trinajstić information content (AvgIpc) is 3.48. The number of nitrogens with zero attached hydrogens (tertiary/aromatic N) is 3. The Labute approximate surface area is 163 Å². The van der Waals surface area contributed by atoms with Gasteiger partial charge in [-0.2, -0.15) is 5.10 Å². The summed E-state index contributed by atoms with van der Waals surface area (Å²) in [6.07, 6.45) is 5.75. The number of carbonyl (C=O) groups is 2. The number of rotatable bonds is 6. The van der Waals surface area contributed by atoms with Crippen LogP contribution < -0.4 is 10.1 Å². The van der Waals surface area contributed by atoms with Gasteiger partial charge in [0.1, 0.15) is 5.69 Å². The molecule has 1 saturated carbocycles. The molecule has 0 aromatic carbocycles. The fourth-order valence-electron chi connectivity index (χ4n) is 3.60. The maximum absolute atomic E-state index is 12.8. The molecule has 2 aliphatic rings. The quantitative estimate of drug-likeness (QED) is 0.794. The number of likely N-dealkylation sites (tertiary alicyclic amines) is 1. The van der Waals surface area contributed by atoms with Crippen molar-refractivity contribution in [2.45, 2.75) is 31.6 Å². The Morgan fingerprint density at radius 2 is 2.18 bits per heavy atom. The van der Waals surface area contributed by atoms with E-state index in [1.807, 2.05) is 11.0 Å². The summed E-state index contributed by atoms with van der Waals surface area (Å²) in [4.78, 5) is 31.0. The number of piperidine rings is 1. The van der Waals surface area contributed by atoms with Gasteiger partial charge in [0, 0.05) is 43.5 Å². The third-order valence-corrected chi connectivity index (χ3v) is 5.40. The summed E-state index contributed by atoms with van der Waals surface area (Å²) < 4.78 is 5.01. The van der Waals surface area contributed by atoms with Crippen LogP contribution in [0.3, 0.4) is 0 Å². The third-order valence-electron chi connectivity index (χ3n) is 5.40. The average molecular weight is 383 g/mol. The highest BCUT2D eigenvalue weighted by molar-refractivity contribution is 5.94. The highest BCUT2D eigenvalue weighted by Gasteiger charge is 2.29. The molecular weight excluding hydrogens is 358 g/mol. The smallest absolute Gasteiger partial charge is 0.274 e. The van der Waals surface area contributed by atoms with Crippen molar-refractivity contribution in [3.05, 3.63) is 41.3 Å². The van der Waals surface area contributed by atoms with E-state index in [1.54, 1.807) is 12.1 Å². The van der Waals surface area contributed by atoms with Crippen LogP contribution in [0.2, 0.25) is 0 Å². The van der Waals surface area contributed by atoms with Crippen LogP contribution in [0.4, 0.5) is 0 Å². The summed E-state index contributed by atoms with van der Waals surface area (Å²) in [6, 6.07) is 5.24. The highest BCUT2D eigenvalue weighted by Crippen LogP contribution is 2.39. The molecule has 1 aliphatic carbocycles. The second-order valence-electron chi connectivity index (χ2n) is 7.54. The van der Waals surface area contributed by atoms with Crippen LogP contribution in [-0.2, 0) is 0 Å². The summed E-state index contributed by atoms with van der Waals surface area (Å²) in [5.74, 6) is 1.06. The molecule has 0 bridgehead atoms. The number of amides is 2. The van der Waals surface area contributed by atoms with Gasteiger partial charge in [-0.3, -0.25) is 14.7 Å². The van der Waals surface area contributed by atoms with Gasteiger partial charge in [0.05, 0.1) is 12.7 Å². The Morgan fingerprint density at radius 1 is 1.32 bits per heavy atom. The van der Waals surface area contributed by atoms with Crippen LogP contribution in [0, 0.1) is 5.92 Å². The van der Waals surface area contributed by atoms with Crippen molar-refractivity contribution in [2.75, 3.05) is 26.7 Å². The van der Waals surface area contributed by atoms with Gasteiger partial charge in [-0.1, -0.05) is 0 Å². The number of ether oxygens (including phenoxy) is 1. The molecule has 0 spiro atoms. The molecule has 1 atom stereocenters. The number of nitrogens with one attached hydrogen (secondary N) is 2. The molecule has 2 fully saturated rings. The van der Waals surface area contributed by atoms with Crippen molar-refractivity contribution >= 4 is 11.8 Å². The molecule has 1 aliphatic heterocycles. The summed E-state index contributed by atoms with van der Waals surface area (Å²) in [7, 11) is 1.54. The van der Waals surface area contributed by atoms with E-state index in [2.05, 4.69) is 20.5 Å². The molecule has 4 rings (SSSR count). The van der Waals surface area contributed by atoms with Gasteiger partial charge in [0.25, 0.3) is 11.8 Å². The van der Waals surface area contributed by atoms with Crippen molar-refractivity contribution < 1.29 is 14.3 Å². The number of hydrogen-bond donors (Lipinski definition) is 2. The minimum Gasteiger partial charge on any atom is -0.481 e. The van der Waals surface area contributed by atoms with Crippen LogP contribution in [0.5, 0.6) is 5.88 Å². The van der Waals surface area contributed by atoms with Gasteiger partial charge in [0.2, 0.25) is 5.88 Å². The predicted molar refractivity (Wildman–Crippen MR) is 102 cm³/mol. The Morgan fingerprint density at radius 3 is 2.89 bits per heavy atom. The molecule has 2 aromatic heterocycles. The van der Waals surface area contributed by atoms with Crippen LogP contribution in [0.25, 0.3) is 0 Å². The van der Waals surface area contributed by atoms with Crippen molar-refractivity contribution in [3.63, 3.8) is 0 Å². The third kappa shape index (κ3) is 4.16. The van der Waals surface area contributed by atoms with E-state index in [4.69, 9.17) is 4.74 Å². The monoisotopic (exact) mass is 383 g/mol. The van der Waals surface area contributed by atoms with E-state index in [1.165, 1.54) is 26.1 Å². The summed E-state index contributed by atoms with van der Waals surface area (Å²) in [6.45, 7) is 1.89. The lowest BCUT2D eigenvalue weighted by molar-refractivity contribution is 0.0665. The maximum atomic E-state index is 12.8. The predicted octanol–water partition coefficient (Wildman–Crippen LogP) is 1.97. The molecule has 1 saturated heterocycles. The first-order valence-corrected chi connectivity index (χ1v) is 9.77. The molecular formula is C20H25N5O3. The fraction of sp³-hybridized carbons (Fsp3) is 0.500. The zero-order valence-electron chi connectivity index (χ0n) is 16.0. The van der Waals surface area contributed by atoms with Gasteiger partial charge in [-0.15, -0.1) is 0 Å². The first-order chi connectivity index (χ1) is 13.6. The number of carbonyl (C=O) groups excluding carboxylic acids is 2. The molecule has 28 heavy (non-hydrogen) atoms. The minimum atomic E-state index is -0.167. The van der Waals surface area contributed by atoms with Crippen LogP contribution in [0.15, 0.2) is 24.4 Å². The normalized spacial score (nSPS) is 19.3. The number of H-pyrrole nitrogens is 1. The Kier molecular flexibility index (Phi) is 5.27. The molecule has 2 amide bonds. The summed E-state index contributed by atoms with van der Waals surface area (Å²) in [5.41, 5.74) is 2.06. The SMILES string of the molecule is COc1ccc(C(=O)NCC2CCCN(C(=O)c3cc(C4CC4)[nH]n3)C2)cn1. The zero-order valence-corrected chi connectivity index (χ0v) is 16.0. The van der Waals surface area contributed by atoms with Crippen molar-refractivity contribution in [3.8, 4) is 5.88 Å².